The van der Waals surface area contributed by atoms with Crippen molar-refractivity contribution in [2.75, 3.05) is 5.75 Å². The minimum atomic E-state index is -2.83. The van der Waals surface area contributed by atoms with Gasteiger partial charge in [-0.15, -0.1) is 0 Å². The first kappa shape index (κ1) is 5.68. The highest BCUT2D eigenvalue weighted by Gasteiger charge is 2.64. The van der Waals surface area contributed by atoms with Crippen molar-refractivity contribution in [2.24, 2.45) is 0 Å². The Labute approximate surface area is 53.9 Å². The Balaban J connectivity index is 2.42. The number of hydrogen-bond acceptors (Lipinski definition) is 3. The van der Waals surface area contributed by atoms with E-state index in [0.29, 0.717) is 12.2 Å². The van der Waals surface area contributed by atoms with Crippen molar-refractivity contribution in [3.63, 3.8) is 0 Å². The van der Waals surface area contributed by atoms with E-state index in [2.05, 4.69) is 0 Å². The van der Waals surface area contributed by atoms with Gasteiger partial charge in [0.25, 0.3) is 0 Å². The first-order valence-corrected chi connectivity index (χ1v) is 4.66. The fraction of sp³-hybridized carbons (Fsp3) is 1.00. The van der Waals surface area contributed by atoms with E-state index in [9.17, 15) is 8.42 Å². The standard InChI is InChI=1S/C5H8O3S/c1-5-2-3-9(6,7)4(5)8-5/h4H,2-3H2,1H3/t4-,5+/m0/s1. The Bertz CT molecular complexity index is 243. The average Bonchev–Trinajstić information content (AvgIpc) is 2.35. The molecule has 0 unspecified atom stereocenters. The second-order valence-electron chi connectivity index (χ2n) is 2.88. The smallest absolute Gasteiger partial charge is 0.188 e. The summed E-state index contributed by atoms with van der Waals surface area (Å²) in [5.41, 5.74) is -0.747. The lowest BCUT2D eigenvalue weighted by molar-refractivity contribution is 0.305. The summed E-state index contributed by atoms with van der Waals surface area (Å²) in [6.45, 7) is 1.85. The first-order chi connectivity index (χ1) is 4.05. The number of hydrogen-bond donors (Lipinski definition) is 0. The molecule has 0 radical (unpaired) electrons. The van der Waals surface area contributed by atoms with Crippen LogP contribution in [-0.2, 0) is 14.6 Å². The predicted molar refractivity (Wildman–Crippen MR) is 31.7 cm³/mol. The molecule has 2 atom stereocenters. The van der Waals surface area contributed by atoms with Crippen molar-refractivity contribution in [3.8, 4) is 0 Å². The van der Waals surface area contributed by atoms with E-state index in [4.69, 9.17) is 4.74 Å². The molecule has 0 spiro atoms. The van der Waals surface area contributed by atoms with Gasteiger partial charge in [0.2, 0.25) is 0 Å². The summed E-state index contributed by atoms with van der Waals surface area (Å²) in [5.74, 6) is 0.314. The van der Waals surface area contributed by atoms with Crippen LogP contribution in [0.5, 0.6) is 0 Å². The fourth-order valence-corrected chi connectivity index (χ4v) is 3.44. The average molecular weight is 148 g/mol. The minimum Gasteiger partial charge on any atom is -0.349 e. The van der Waals surface area contributed by atoms with Crippen LogP contribution in [0.25, 0.3) is 0 Å². The SMILES string of the molecule is C[C@@]12CCS(=O)(=O)[C@@H]1O2. The summed E-state index contributed by atoms with van der Waals surface area (Å²) in [4.78, 5) is 0. The molecule has 0 saturated carbocycles. The monoisotopic (exact) mass is 148 g/mol. The summed E-state index contributed by atoms with van der Waals surface area (Å²) in [6, 6.07) is 0. The van der Waals surface area contributed by atoms with E-state index in [1.165, 1.54) is 0 Å². The maximum atomic E-state index is 10.9. The van der Waals surface area contributed by atoms with Gasteiger partial charge in [-0.3, -0.25) is 0 Å². The Morgan fingerprint density at radius 3 is 2.44 bits per heavy atom. The molecule has 2 saturated heterocycles. The quantitative estimate of drug-likeness (QED) is 0.451. The summed E-state index contributed by atoms with van der Waals surface area (Å²) in [6.07, 6.45) is 0.681. The Hall–Kier alpha value is -0.0900. The molecule has 2 aliphatic rings. The third kappa shape index (κ3) is 0.576. The van der Waals surface area contributed by atoms with Crippen LogP contribution in [0, 0.1) is 0 Å². The largest absolute Gasteiger partial charge is 0.349 e. The van der Waals surface area contributed by atoms with Crippen molar-refractivity contribution >= 4 is 9.84 Å². The van der Waals surface area contributed by atoms with Gasteiger partial charge in [0.05, 0.1) is 5.75 Å². The van der Waals surface area contributed by atoms with Gasteiger partial charge < -0.3 is 4.74 Å². The highest BCUT2D eigenvalue weighted by atomic mass is 32.2. The third-order valence-corrected chi connectivity index (χ3v) is 4.05. The second-order valence-corrected chi connectivity index (χ2v) is 5.04. The van der Waals surface area contributed by atoms with E-state index in [0.717, 1.165) is 0 Å². The number of rotatable bonds is 0. The van der Waals surface area contributed by atoms with E-state index in [1.807, 2.05) is 6.92 Å². The number of epoxide rings is 1. The van der Waals surface area contributed by atoms with Crippen LogP contribution in [0.1, 0.15) is 13.3 Å². The minimum absolute atomic E-state index is 0.293. The van der Waals surface area contributed by atoms with Crippen LogP contribution >= 0.6 is 0 Å². The van der Waals surface area contributed by atoms with E-state index >= 15 is 0 Å². The van der Waals surface area contributed by atoms with Crippen molar-refractivity contribution in [3.05, 3.63) is 0 Å². The molecule has 2 aliphatic heterocycles. The molecule has 52 valence electrons. The van der Waals surface area contributed by atoms with Crippen LogP contribution in [0.2, 0.25) is 0 Å². The molecule has 0 aromatic heterocycles. The normalized spacial score (nSPS) is 52.8. The number of fused-ring (bicyclic) bond motifs is 1. The number of sulfone groups is 1. The van der Waals surface area contributed by atoms with E-state index in [1.54, 1.807) is 0 Å². The molecule has 2 heterocycles. The summed E-state index contributed by atoms with van der Waals surface area (Å²) < 4.78 is 26.7. The molecule has 9 heavy (non-hydrogen) atoms. The van der Waals surface area contributed by atoms with Gasteiger partial charge in [-0.2, -0.15) is 0 Å². The van der Waals surface area contributed by atoms with Crippen molar-refractivity contribution in [1.82, 2.24) is 0 Å². The Morgan fingerprint density at radius 1 is 1.67 bits per heavy atom. The molecule has 0 bridgehead atoms. The zero-order chi connectivity index (χ0) is 6.70. The van der Waals surface area contributed by atoms with E-state index < -0.39 is 15.3 Å². The van der Waals surface area contributed by atoms with Crippen LogP contribution < -0.4 is 0 Å². The molecule has 2 fully saturated rings. The van der Waals surface area contributed by atoms with Gasteiger partial charge in [-0.25, -0.2) is 8.42 Å². The molecule has 0 aromatic rings. The van der Waals surface area contributed by atoms with Crippen molar-refractivity contribution in [2.45, 2.75) is 24.4 Å². The molecule has 4 heteroatoms. The van der Waals surface area contributed by atoms with Gasteiger partial charge in [0, 0.05) is 0 Å². The third-order valence-electron chi connectivity index (χ3n) is 2.03. The lowest BCUT2D eigenvalue weighted by atomic mass is 10.1. The van der Waals surface area contributed by atoms with Crippen LogP contribution in [0.15, 0.2) is 0 Å². The Morgan fingerprint density at radius 2 is 2.33 bits per heavy atom. The van der Waals surface area contributed by atoms with Gasteiger partial charge in [-0.05, 0) is 13.3 Å². The maximum Gasteiger partial charge on any atom is 0.188 e. The molecular formula is C5H8O3S. The molecule has 0 aromatic carbocycles. The molecule has 2 rings (SSSR count). The maximum absolute atomic E-state index is 10.9. The Kier molecular flexibility index (Phi) is 0.743. The van der Waals surface area contributed by atoms with Crippen LogP contribution in [0.4, 0.5) is 0 Å². The summed E-state index contributed by atoms with van der Waals surface area (Å²) in [5, 5.41) is 0. The topological polar surface area (TPSA) is 46.7 Å². The first-order valence-electron chi connectivity index (χ1n) is 2.94. The fourth-order valence-electron chi connectivity index (χ4n) is 1.29. The molecule has 0 amide bonds. The van der Waals surface area contributed by atoms with Crippen molar-refractivity contribution < 1.29 is 13.2 Å². The molecular weight excluding hydrogens is 140 g/mol. The molecule has 3 nitrogen and oxygen atoms in total. The van der Waals surface area contributed by atoms with Crippen LogP contribution in [-0.4, -0.2) is 25.2 Å². The van der Waals surface area contributed by atoms with Gasteiger partial charge >= 0.3 is 0 Å². The second kappa shape index (κ2) is 1.18. The van der Waals surface area contributed by atoms with Gasteiger partial charge in [0.1, 0.15) is 5.60 Å². The summed E-state index contributed by atoms with van der Waals surface area (Å²) in [7, 11) is -2.83. The highest BCUT2D eigenvalue weighted by Crippen LogP contribution is 2.48. The van der Waals surface area contributed by atoms with Crippen LogP contribution in [0.3, 0.4) is 0 Å². The van der Waals surface area contributed by atoms with Gasteiger partial charge in [-0.1, -0.05) is 0 Å². The highest BCUT2D eigenvalue weighted by molar-refractivity contribution is 7.92. The molecule has 0 aliphatic carbocycles. The lowest BCUT2D eigenvalue weighted by Crippen LogP contribution is -2.06. The zero-order valence-electron chi connectivity index (χ0n) is 5.12. The summed E-state index contributed by atoms with van der Waals surface area (Å²) >= 11 is 0. The van der Waals surface area contributed by atoms with E-state index in [-0.39, 0.29) is 5.60 Å². The molecule has 0 N–H and O–H groups in total. The predicted octanol–water partition coefficient (Wildman–Crippen LogP) is -0.0801. The van der Waals surface area contributed by atoms with Gasteiger partial charge in [0.15, 0.2) is 15.3 Å². The lowest BCUT2D eigenvalue weighted by Gasteiger charge is -1.93. The van der Waals surface area contributed by atoms with Crippen molar-refractivity contribution in [1.29, 1.82) is 0 Å². The zero-order valence-corrected chi connectivity index (χ0v) is 5.94. The number of ether oxygens (including phenoxy) is 1.